The lowest BCUT2D eigenvalue weighted by atomic mass is 10.1. The lowest BCUT2D eigenvalue weighted by molar-refractivity contribution is -0.164. The average Bonchev–Trinajstić information content (AvgIpc) is 2.67. The number of esters is 2. The summed E-state index contributed by atoms with van der Waals surface area (Å²) in [5.74, 6) is -1.42. The fourth-order valence-electron chi connectivity index (χ4n) is 2.52. The summed E-state index contributed by atoms with van der Waals surface area (Å²) in [5.41, 5.74) is 6.46. The van der Waals surface area contributed by atoms with E-state index < -0.39 is 54.7 Å². The van der Waals surface area contributed by atoms with Gasteiger partial charge in [0, 0.05) is 6.92 Å². The summed E-state index contributed by atoms with van der Waals surface area (Å²) in [5, 5.41) is 0. The Kier molecular flexibility index (Phi) is 11.3. The van der Waals surface area contributed by atoms with E-state index in [-0.39, 0.29) is 17.9 Å². The highest BCUT2D eigenvalue weighted by Gasteiger charge is 2.24. The zero-order chi connectivity index (χ0) is 26.0. The van der Waals surface area contributed by atoms with E-state index in [1.807, 2.05) is 0 Å². The third kappa shape index (κ3) is 10.5. The fourth-order valence-corrected chi connectivity index (χ4v) is 2.52. The summed E-state index contributed by atoms with van der Waals surface area (Å²) in [6.07, 6.45) is -4.20. The number of hydrogen-bond acceptors (Lipinski definition) is 11. The molecule has 34 heavy (non-hydrogen) atoms. The third-order valence-corrected chi connectivity index (χ3v) is 4.13. The number of ether oxygens (including phenoxy) is 6. The Bertz CT molecular complexity index is 867. The van der Waals surface area contributed by atoms with Crippen LogP contribution in [0.2, 0.25) is 0 Å². The van der Waals surface area contributed by atoms with Crippen molar-refractivity contribution in [3.05, 3.63) is 23.8 Å². The molecule has 1 aromatic rings. The summed E-state index contributed by atoms with van der Waals surface area (Å²) in [6.45, 7) is 11.0. The molecule has 0 amide bonds. The maximum atomic E-state index is 12.4. The van der Waals surface area contributed by atoms with Crippen molar-refractivity contribution in [3.63, 3.8) is 0 Å². The van der Waals surface area contributed by atoms with Crippen molar-refractivity contribution >= 4 is 24.2 Å². The van der Waals surface area contributed by atoms with Crippen LogP contribution in [0.25, 0.3) is 0 Å². The first-order valence-corrected chi connectivity index (χ1v) is 10.8. The summed E-state index contributed by atoms with van der Waals surface area (Å²) < 4.78 is 30.5. The van der Waals surface area contributed by atoms with Crippen LogP contribution in [0.4, 0.5) is 9.59 Å². The van der Waals surface area contributed by atoms with Crippen LogP contribution in [0.3, 0.4) is 0 Å². The van der Waals surface area contributed by atoms with E-state index in [0.717, 1.165) is 0 Å². The molecule has 0 aromatic heterocycles. The maximum Gasteiger partial charge on any atom is 0.514 e. The van der Waals surface area contributed by atoms with Crippen LogP contribution in [-0.4, -0.2) is 54.7 Å². The standard InChI is InChI=1S/C23H33NO10/c1-12(2)29-22(27)33-19-9-8-17(11-20(19)34-23(28)30-13(3)4)10-18(24)21(26)32-15(6)14(5)31-16(7)25/h8-9,11-15,18H,10,24H2,1-7H3/t14?,15-,18-/m0/s1. The molecule has 0 radical (unpaired) electrons. The molecular weight excluding hydrogens is 450 g/mol. The average molecular weight is 484 g/mol. The molecule has 2 N–H and O–H groups in total. The molecule has 0 fully saturated rings. The number of hydrogen-bond donors (Lipinski definition) is 1. The first-order valence-electron chi connectivity index (χ1n) is 10.8. The van der Waals surface area contributed by atoms with Crippen LogP contribution in [0.15, 0.2) is 18.2 Å². The Balaban J connectivity index is 2.97. The molecule has 0 saturated heterocycles. The summed E-state index contributed by atoms with van der Waals surface area (Å²) in [7, 11) is 0. The first-order chi connectivity index (χ1) is 15.8. The zero-order valence-electron chi connectivity index (χ0n) is 20.5. The number of benzene rings is 1. The predicted octanol–water partition coefficient (Wildman–Crippen LogP) is 3.29. The third-order valence-electron chi connectivity index (χ3n) is 4.13. The highest BCUT2D eigenvalue weighted by atomic mass is 16.7. The smallest absolute Gasteiger partial charge is 0.459 e. The van der Waals surface area contributed by atoms with Gasteiger partial charge in [-0.05, 0) is 65.7 Å². The van der Waals surface area contributed by atoms with Gasteiger partial charge in [-0.2, -0.15) is 0 Å². The van der Waals surface area contributed by atoms with E-state index in [0.29, 0.717) is 5.56 Å². The molecule has 0 aliphatic carbocycles. The van der Waals surface area contributed by atoms with Crippen molar-refractivity contribution < 1.29 is 47.6 Å². The summed E-state index contributed by atoms with van der Waals surface area (Å²) in [4.78, 5) is 47.3. The Morgan fingerprint density at radius 1 is 0.765 bits per heavy atom. The molecular formula is C23H33NO10. The lowest BCUT2D eigenvalue weighted by Crippen LogP contribution is -2.39. The van der Waals surface area contributed by atoms with Crippen LogP contribution in [0, 0.1) is 0 Å². The minimum Gasteiger partial charge on any atom is -0.459 e. The van der Waals surface area contributed by atoms with Crippen LogP contribution in [-0.2, 0) is 35.0 Å². The highest BCUT2D eigenvalue weighted by molar-refractivity contribution is 5.76. The van der Waals surface area contributed by atoms with E-state index in [1.54, 1.807) is 41.5 Å². The highest BCUT2D eigenvalue weighted by Crippen LogP contribution is 2.30. The van der Waals surface area contributed by atoms with Gasteiger partial charge in [0.15, 0.2) is 11.5 Å². The van der Waals surface area contributed by atoms with E-state index in [2.05, 4.69) is 0 Å². The van der Waals surface area contributed by atoms with Crippen molar-refractivity contribution in [1.29, 1.82) is 0 Å². The number of nitrogens with two attached hydrogens (primary N) is 1. The minimum atomic E-state index is -1.07. The second kappa shape index (κ2) is 13.4. The monoisotopic (exact) mass is 483 g/mol. The molecule has 1 unspecified atom stereocenters. The predicted molar refractivity (Wildman–Crippen MR) is 119 cm³/mol. The van der Waals surface area contributed by atoms with Gasteiger partial charge in [-0.25, -0.2) is 9.59 Å². The van der Waals surface area contributed by atoms with Gasteiger partial charge < -0.3 is 34.2 Å². The normalized spacial score (nSPS) is 13.5. The SMILES string of the molecule is CC(=O)OC(C)[C@H](C)OC(=O)[C@@H](N)Cc1ccc(OC(=O)OC(C)C)c(OC(=O)OC(C)C)c1. The van der Waals surface area contributed by atoms with E-state index in [9.17, 15) is 19.2 Å². The molecule has 190 valence electrons. The van der Waals surface area contributed by atoms with E-state index in [4.69, 9.17) is 34.2 Å². The molecule has 0 aliphatic heterocycles. The van der Waals surface area contributed by atoms with Crippen molar-refractivity contribution in [2.24, 2.45) is 5.73 Å². The van der Waals surface area contributed by atoms with Crippen molar-refractivity contribution in [2.45, 2.75) is 85.3 Å². The lowest BCUT2D eigenvalue weighted by Gasteiger charge is -2.22. The molecule has 0 bridgehead atoms. The molecule has 3 atom stereocenters. The van der Waals surface area contributed by atoms with Crippen LogP contribution in [0.5, 0.6) is 11.5 Å². The van der Waals surface area contributed by atoms with Gasteiger partial charge in [-0.1, -0.05) is 6.07 Å². The van der Waals surface area contributed by atoms with Crippen LogP contribution in [0.1, 0.15) is 54.0 Å². The molecule has 11 nitrogen and oxygen atoms in total. The molecule has 0 aliphatic rings. The zero-order valence-corrected chi connectivity index (χ0v) is 20.5. The van der Waals surface area contributed by atoms with Crippen molar-refractivity contribution in [1.82, 2.24) is 0 Å². The topological polar surface area (TPSA) is 150 Å². The summed E-state index contributed by atoms with van der Waals surface area (Å²) in [6, 6.07) is 3.23. The number of carbonyl (C=O) groups excluding carboxylic acids is 4. The number of rotatable bonds is 10. The van der Waals surface area contributed by atoms with Gasteiger partial charge in [-0.15, -0.1) is 0 Å². The molecule has 0 saturated carbocycles. The Morgan fingerprint density at radius 3 is 1.76 bits per heavy atom. The second-order valence-corrected chi connectivity index (χ2v) is 8.09. The van der Waals surface area contributed by atoms with Gasteiger partial charge in [0.1, 0.15) is 18.2 Å². The Hall–Kier alpha value is -3.34. The van der Waals surface area contributed by atoms with Crippen molar-refractivity contribution in [3.8, 4) is 11.5 Å². The molecule has 0 spiro atoms. The molecule has 0 heterocycles. The maximum absolute atomic E-state index is 12.4. The van der Waals surface area contributed by atoms with E-state index >= 15 is 0 Å². The van der Waals surface area contributed by atoms with Gasteiger partial charge in [0.05, 0.1) is 12.2 Å². The van der Waals surface area contributed by atoms with Crippen LogP contribution >= 0.6 is 0 Å². The summed E-state index contributed by atoms with van der Waals surface area (Å²) >= 11 is 0. The van der Waals surface area contributed by atoms with Gasteiger partial charge in [0.25, 0.3) is 0 Å². The fraction of sp³-hybridized carbons (Fsp3) is 0.565. The Labute approximate surface area is 198 Å². The van der Waals surface area contributed by atoms with Gasteiger partial charge in [0.2, 0.25) is 0 Å². The van der Waals surface area contributed by atoms with Crippen LogP contribution < -0.4 is 15.2 Å². The molecule has 1 rings (SSSR count). The first kappa shape index (κ1) is 28.7. The minimum absolute atomic E-state index is 0.0137. The Morgan fingerprint density at radius 2 is 1.26 bits per heavy atom. The van der Waals surface area contributed by atoms with E-state index in [1.165, 1.54) is 25.1 Å². The second-order valence-electron chi connectivity index (χ2n) is 8.09. The number of carbonyl (C=O) groups is 4. The van der Waals surface area contributed by atoms with Gasteiger partial charge in [-0.3, -0.25) is 9.59 Å². The quantitative estimate of drug-likeness (QED) is 0.297. The van der Waals surface area contributed by atoms with Crippen molar-refractivity contribution in [2.75, 3.05) is 0 Å². The van der Waals surface area contributed by atoms with Gasteiger partial charge >= 0.3 is 24.2 Å². The largest absolute Gasteiger partial charge is 0.514 e. The molecule has 11 heteroatoms. The molecule has 1 aromatic carbocycles.